The number of anilines is 2. The molecule has 20 heavy (non-hydrogen) atoms. The molecule has 0 saturated heterocycles. The van der Waals surface area contributed by atoms with Gasteiger partial charge < -0.3 is 15.4 Å². The zero-order valence-corrected chi connectivity index (χ0v) is 12.2. The first-order valence-corrected chi connectivity index (χ1v) is 7.42. The summed E-state index contributed by atoms with van der Waals surface area (Å²) in [5, 5.41) is 0. The highest BCUT2D eigenvalue weighted by Gasteiger charge is 2.39. The van der Waals surface area contributed by atoms with Crippen molar-refractivity contribution in [2.24, 2.45) is 17.8 Å². The molecule has 0 amide bonds. The summed E-state index contributed by atoms with van der Waals surface area (Å²) in [4.78, 5) is 2.16. The number of nitrogens with two attached hydrogens (primary N) is 1. The number of benzene rings is 1. The fourth-order valence-electron chi connectivity index (χ4n) is 4.10. The standard InChI is InChI=1S/C16H23FN2O/c1-19(9-12-6-10-3-4-11(12)5-10)15-8-16(20-2)13(17)7-14(15)18/h7-8,10-12H,3-6,9,18H2,1-2H3. The summed E-state index contributed by atoms with van der Waals surface area (Å²) < 4.78 is 18.7. The monoisotopic (exact) mass is 278 g/mol. The molecular weight excluding hydrogens is 255 g/mol. The van der Waals surface area contributed by atoms with E-state index < -0.39 is 5.82 Å². The highest BCUT2D eigenvalue weighted by molar-refractivity contribution is 5.69. The summed E-state index contributed by atoms with van der Waals surface area (Å²) in [5.74, 6) is 2.44. The normalized spacial score (nSPS) is 27.9. The van der Waals surface area contributed by atoms with Crippen molar-refractivity contribution in [3.8, 4) is 5.75 Å². The maximum atomic E-state index is 13.6. The molecule has 2 bridgehead atoms. The molecule has 0 radical (unpaired) electrons. The summed E-state index contributed by atoms with van der Waals surface area (Å²) in [5.41, 5.74) is 7.31. The van der Waals surface area contributed by atoms with Crippen LogP contribution in [0.3, 0.4) is 0 Å². The Hall–Kier alpha value is -1.45. The third kappa shape index (κ3) is 2.32. The first-order chi connectivity index (χ1) is 9.58. The molecule has 0 spiro atoms. The van der Waals surface area contributed by atoms with Gasteiger partial charge in [-0.15, -0.1) is 0 Å². The van der Waals surface area contributed by atoms with Gasteiger partial charge in [-0.2, -0.15) is 0 Å². The van der Waals surface area contributed by atoms with Crippen LogP contribution in [0.4, 0.5) is 15.8 Å². The molecule has 2 saturated carbocycles. The van der Waals surface area contributed by atoms with Crippen molar-refractivity contribution in [3.63, 3.8) is 0 Å². The van der Waals surface area contributed by atoms with Gasteiger partial charge in [-0.1, -0.05) is 6.42 Å². The van der Waals surface area contributed by atoms with Crippen molar-refractivity contribution in [2.75, 3.05) is 31.3 Å². The molecular formula is C16H23FN2O. The highest BCUT2D eigenvalue weighted by atomic mass is 19.1. The zero-order chi connectivity index (χ0) is 14.3. The summed E-state index contributed by atoms with van der Waals surface area (Å²) >= 11 is 0. The highest BCUT2D eigenvalue weighted by Crippen LogP contribution is 2.48. The molecule has 0 aliphatic heterocycles. The fourth-order valence-corrected chi connectivity index (χ4v) is 4.10. The maximum absolute atomic E-state index is 13.6. The van der Waals surface area contributed by atoms with Crippen LogP contribution in [0, 0.1) is 23.6 Å². The van der Waals surface area contributed by atoms with E-state index in [1.54, 1.807) is 6.07 Å². The van der Waals surface area contributed by atoms with Crippen molar-refractivity contribution in [1.29, 1.82) is 0 Å². The summed E-state index contributed by atoms with van der Waals surface area (Å²) in [7, 11) is 3.52. The molecule has 2 aliphatic carbocycles. The molecule has 2 aliphatic rings. The number of hydrogen-bond acceptors (Lipinski definition) is 3. The van der Waals surface area contributed by atoms with Gasteiger partial charge >= 0.3 is 0 Å². The lowest BCUT2D eigenvalue weighted by Gasteiger charge is -2.29. The van der Waals surface area contributed by atoms with E-state index in [0.29, 0.717) is 5.69 Å². The second kappa shape index (κ2) is 5.15. The first kappa shape index (κ1) is 13.5. The lowest BCUT2D eigenvalue weighted by atomic mass is 9.88. The topological polar surface area (TPSA) is 38.5 Å². The Kier molecular flexibility index (Phi) is 3.48. The second-order valence-electron chi connectivity index (χ2n) is 6.36. The zero-order valence-electron chi connectivity index (χ0n) is 12.2. The van der Waals surface area contributed by atoms with E-state index in [1.165, 1.54) is 38.9 Å². The van der Waals surface area contributed by atoms with Crippen LogP contribution in [0.25, 0.3) is 0 Å². The SMILES string of the molecule is COc1cc(N(C)CC2CC3CCC2C3)c(N)cc1F. The van der Waals surface area contributed by atoms with Crippen molar-refractivity contribution in [1.82, 2.24) is 0 Å². The predicted molar refractivity (Wildman–Crippen MR) is 79.6 cm³/mol. The molecule has 3 nitrogen and oxygen atoms in total. The molecule has 2 N–H and O–H groups in total. The van der Waals surface area contributed by atoms with Crippen molar-refractivity contribution in [2.45, 2.75) is 25.7 Å². The van der Waals surface area contributed by atoms with Crippen molar-refractivity contribution >= 4 is 11.4 Å². The van der Waals surface area contributed by atoms with Gasteiger partial charge in [0.15, 0.2) is 11.6 Å². The Morgan fingerprint density at radius 3 is 2.75 bits per heavy atom. The van der Waals surface area contributed by atoms with E-state index in [2.05, 4.69) is 4.90 Å². The van der Waals surface area contributed by atoms with E-state index in [1.807, 2.05) is 7.05 Å². The molecule has 1 aromatic rings. The van der Waals surface area contributed by atoms with Crippen LogP contribution in [0.15, 0.2) is 12.1 Å². The predicted octanol–water partition coefficient (Wildman–Crippen LogP) is 3.29. The van der Waals surface area contributed by atoms with Gasteiger partial charge in [0.2, 0.25) is 0 Å². The minimum absolute atomic E-state index is 0.258. The summed E-state index contributed by atoms with van der Waals surface area (Å²) in [6, 6.07) is 3.06. The van der Waals surface area contributed by atoms with Gasteiger partial charge in [0.1, 0.15) is 0 Å². The minimum atomic E-state index is -0.401. The van der Waals surface area contributed by atoms with Gasteiger partial charge in [0.25, 0.3) is 0 Å². The molecule has 2 fully saturated rings. The first-order valence-electron chi connectivity index (χ1n) is 7.42. The lowest BCUT2D eigenvalue weighted by molar-refractivity contribution is 0.337. The van der Waals surface area contributed by atoms with Gasteiger partial charge in [-0.25, -0.2) is 4.39 Å². The Balaban J connectivity index is 1.75. The average molecular weight is 278 g/mol. The lowest BCUT2D eigenvalue weighted by Crippen LogP contribution is -2.29. The van der Waals surface area contributed by atoms with E-state index >= 15 is 0 Å². The van der Waals surface area contributed by atoms with Crippen LogP contribution in [0.1, 0.15) is 25.7 Å². The van der Waals surface area contributed by atoms with E-state index in [-0.39, 0.29) is 5.75 Å². The van der Waals surface area contributed by atoms with Crippen LogP contribution in [0.2, 0.25) is 0 Å². The number of nitrogens with zero attached hydrogens (tertiary/aromatic N) is 1. The third-order valence-electron chi connectivity index (χ3n) is 5.11. The van der Waals surface area contributed by atoms with Gasteiger partial charge in [-0.05, 0) is 37.0 Å². The van der Waals surface area contributed by atoms with Crippen LogP contribution < -0.4 is 15.4 Å². The Bertz CT molecular complexity index is 505. The number of nitrogen functional groups attached to an aromatic ring is 1. The van der Waals surface area contributed by atoms with Crippen LogP contribution in [-0.2, 0) is 0 Å². The largest absolute Gasteiger partial charge is 0.494 e. The van der Waals surface area contributed by atoms with Gasteiger partial charge in [-0.3, -0.25) is 0 Å². The van der Waals surface area contributed by atoms with Crippen LogP contribution >= 0.6 is 0 Å². The molecule has 0 aromatic heterocycles. The van der Waals surface area contributed by atoms with Gasteiger partial charge in [0, 0.05) is 25.7 Å². The summed E-state index contributed by atoms with van der Waals surface area (Å²) in [6.45, 7) is 1.00. The second-order valence-corrected chi connectivity index (χ2v) is 6.36. The number of hydrogen-bond donors (Lipinski definition) is 1. The Labute approximate surface area is 119 Å². The quantitative estimate of drug-likeness (QED) is 0.859. The maximum Gasteiger partial charge on any atom is 0.167 e. The number of methoxy groups -OCH3 is 1. The molecule has 3 unspecified atom stereocenters. The van der Waals surface area contributed by atoms with E-state index in [0.717, 1.165) is 30.0 Å². The number of rotatable bonds is 4. The van der Waals surface area contributed by atoms with Crippen molar-refractivity contribution in [3.05, 3.63) is 17.9 Å². The van der Waals surface area contributed by atoms with Gasteiger partial charge in [0.05, 0.1) is 18.5 Å². The molecule has 110 valence electrons. The summed E-state index contributed by atoms with van der Waals surface area (Å²) in [6.07, 6.45) is 5.54. The van der Waals surface area contributed by atoms with Crippen LogP contribution in [-0.4, -0.2) is 20.7 Å². The van der Waals surface area contributed by atoms with Crippen molar-refractivity contribution < 1.29 is 9.13 Å². The van der Waals surface area contributed by atoms with E-state index in [9.17, 15) is 4.39 Å². The third-order valence-corrected chi connectivity index (χ3v) is 5.11. The fraction of sp³-hybridized carbons (Fsp3) is 0.625. The molecule has 0 heterocycles. The molecule has 1 aromatic carbocycles. The Morgan fingerprint density at radius 2 is 2.15 bits per heavy atom. The van der Waals surface area contributed by atoms with Crippen LogP contribution in [0.5, 0.6) is 5.75 Å². The molecule has 4 heteroatoms. The Morgan fingerprint density at radius 1 is 1.35 bits per heavy atom. The average Bonchev–Trinajstić information content (AvgIpc) is 3.01. The number of ether oxygens (including phenoxy) is 1. The molecule has 3 rings (SSSR count). The molecule has 3 atom stereocenters. The smallest absolute Gasteiger partial charge is 0.167 e. The number of halogens is 1. The number of fused-ring (bicyclic) bond motifs is 2. The van der Waals surface area contributed by atoms with E-state index in [4.69, 9.17) is 10.5 Å². The minimum Gasteiger partial charge on any atom is -0.494 e.